The van der Waals surface area contributed by atoms with Crippen LogP contribution in [-0.2, 0) is 19.5 Å². The van der Waals surface area contributed by atoms with E-state index < -0.39 is 0 Å². The summed E-state index contributed by atoms with van der Waals surface area (Å²) in [5, 5.41) is 1.21. The van der Waals surface area contributed by atoms with Crippen LogP contribution in [0.5, 0.6) is 0 Å². The van der Waals surface area contributed by atoms with Crippen LogP contribution in [0.3, 0.4) is 0 Å². The number of benzene rings is 1. The van der Waals surface area contributed by atoms with Crippen molar-refractivity contribution in [2.45, 2.75) is 19.5 Å². The highest BCUT2D eigenvalue weighted by molar-refractivity contribution is 5.82. The average molecular weight is 358 g/mol. The van der Waals surface area contributed by atoms with E-state index in [0.717, 1.165) is 24.3 Å². The Morgan fingerprint density at radius 3 is 2.93 bits per heavy atom. The Hall–Kier alpha value is -3.32. The van der Waals surface area contributed by atoms with Gasteiger partial charge in [-0.3, -0.25) is 9.69 Å². The first-order valence-corrected chi connectivity index (χ1v) is 8.93. The Labute approximate surface area is 155 Å². The van der Waals surface area contributed by atoms with Gasteiger partial charge in [-0.15, -0.1) is 0 Å². The second kappa shape index (κ2) is 6.44. The number of hydrogen-bond donors (Lipinski definition) is 2. The third-order valence-electron chi connectivity index (χ3n) is 5.05. The first-order valence-electron chi connectivity index (χ1n) is 8.93. The van der Waals surface area contributed by atoms with Gasteiger partial charge in [-0.2, -0.15) is 0 Å². The summed E-state index contributed by atoms with van der Waals surface area (Å²) in [5.41, 5.74) is 4.69. The molecule has 4 aromatic rings. The molecule has 0 atom stereocenters. The summed E-state index contributed by atoms with van der Waals surface area (Å²) < 4.78 is 0. The number of hydrogen-bond acceptors (Lipinski definition) is 5. The molecule has 1 aliphatic rings. The fraction of sp³-hybridized carbons (Fsp3) is 0.200. The van der Waals surface area contributed by atoms with E-state index in [1.165, 1.54) is 22.8 Å². The highest BCUT2D eigenvalue weighted by atomic mass is 16.1. The monoisotopic (exact) mass is 358 g/mol. The van der Waals surface area contributed by atoms with E-state index in [9.17, 15) is 4.79 Å². The van der Waals surface area contributed by atoms with Crippen LogP contribution in [-0.4, -0.2) is 36.4 Å². The molecule has 0 bridgehead atoms. The van der Waals surface area contributed by atoms with E-state index in [1.54, 1.807) is 12.4 Å². The number of aromatic amines is 2. The van der Waals surface area contributed by atoms with Crippen molar-refractivity contribution in [3.05, 3.63) is 76.4 Å². The Balaban J connectivity index is 1.46. The summed E-state index contributed by atoms with van der Waals surface area (Å²) in [5.74, 6) is 0.521. The maximum Gasteiger partial charge on any atom is 0.254 e. The topological polar surface area (TPSA) is 90.6 Å². The molecule has 1 aromatic carbocycles. The molecule has 134 valence electrons. The molecule has 0 fully saturated rings. The predicted octanol–water partition coefficient (Wildman–Crippen LogP) is 2.27. The smallest absolute Gasteiger partial charge is 0.254 e. The zero-order valence-electron chi connectivity index (χ0n) is 14.6. The number of nitrogens with one attached hydrogen (secondary N) is 2. The normalized spacial score (nSPS) is 14.4. The molecule has 5 rings (SSSR count). The van der Waals surface area contributed by atoms with Crippen LogP contribution in [0, 0.1) is 0 Å². The molecule has 0 unspecified atom stereocenters. The van der Waals surface area contributed by atoms with E-state index in [0.29, 0.717) is 24.4 Å². The molecule has 0 spiro atoms. The molecule has 0 aliphatic carbocycles. The van der Waals surface area contributed by atoms with Gasteiger partial charge in [0.1, 0.15) is 12.2 Å². The van der Waals surface area contributed by atoms with Gasteiger partial charge in [0.05, 0.1) is 11.3 Å². The van der Waals surface area contributed by atoms with Crippen molar-refractivity contribution in [3.8, 4) is 11.4 Å². The van der Waals surface area contributed by atoms with Gasteiger partial charge in [-0.25, -0.2) is 15.0 Å². The van der Waals surface area contributed by atoms with Gasteiger partial charge in [0.25, 0.3) is 5.56 Å². The number of aromatic nitrogens is 5. The first-order chi connectivity index (χ1) is 13.3. The quantitative estimate of drug-likeness (QED) is 0.586. The van der Waals surface area contributed by atoms with Gasteiger partial charge in [0.2, 0.25) is 0 Å². The third-order valence-corrected chi connectivity index (χ3v) is 5.05. The Morgan fingerprint density at radius 2 is 2.04 bits per heavy atom. The molecule has 0 amide bonds. The summed E-state index contributed by atoms with van der Waals surface area (Å²) in [6, 6.07) is 8.42. The number of rotatable bonds is 3. The lowest BCUT2D eigenvalue weighted by atomic mass is 10.0. The van der Waals surface area contributed by atoms with E-state index in [1.807, 2.05) is 6.20 Å². The lowest BCUT2D eigenvalue weighted by Crippen LogP contribution is -2.35. The molecule has 0 saturated heterocycles. The summed E-state index contributed by atoms with van der Waals surface area (Å²) >= 11 is 0. The van der Waals surface area contributed by atoms with Crippen LogP contribution in [0.2, 0.25) is 0 Å². The van der Waals surface area contributed by atoms with E-state index in [-0.39, 0.29) is 5.56 Å². The van der Waals surface area contributed by atoms with Crippen LogP contribution < -0.4 is 5.56 Å². The summed E-state index contributed by atoms with van der Waals surface area (Å²) in [6.45, 7) is 2.30. The minimum Gasteiger partial charge on any atom is -0.361 e. The van der Waals surface area contributed by atoms with Gasteiger partial charge in [-0.1, -0.05) is 18.2 Å². The van der Waals surface area contributed by atoms with Gasteiger partial charge in [0.15, 0.2) is 0 Å². The zero-order chi connectivity index (χ0) is 18.2. The fourth-order valence-corrected chi connectivity index (χ4v) is 3.71. The number of H-pyrrole nitrogens is 2. The number of fused-ring (bicyclic) bond motifs is 2. The zero-order valence-corrected chi connectivity index (χ0v) is 14.6. The highest BCUT2D eigenvalue weighted by Crippen LogP contribution is 2.22. The number of para-hydroxylation sites is 1. The lowest BCUT2D eigenvalue weighted by molar-refractivity contribution is 0.241. The largest absolute Gasteiger partial charge is 0.361 e. The van der Waals surface area contributed by atoms with Gasteiger partial charge >= 0.3 is 0 Å². The molecule has 1 aliphatic heterocycles. The molecule has 4 heterocycles. The highest BCUT2D eigenvalue weighted by Gasteiger charge is 2.22. The molecule has 0 saturated carbocycles. The van der Waals surface area contributed by atoms with Gasteiger partial charge in [-0.05, 0) is 23.4 Å². The molecule has 0 radical (unpaired) electrons. The third kappa shape index (κ3) is 2.92. The molecule has 2 N–H and O–H groups in total. The van der Waals surface area contributed by atoms with Crippen LogP contribution in [0.4, 0.5) is 0 Å². The van der Waals surface area contributed by atoms with Gasteiger partial charge < -0.3 is 9.97 Å². The number of nitrogens with zero attached hydrogens (tertiary/aromatic N) is 4. The minimum absolute atomic E-state index is 0.0648. The fourth-order valence-electron chi connectivity index (χ4n) is 3.71. The minimum atomic E-state index is -0.0648. The molecular weight excluding hydrogens is 340 g/mol. The van der Waals surface area contributed by atoms with Crippen molar-refractivity contribution in [2.24, 2.45) is 0 Å². The lowest BCUT2D eigenvalue weighted by Gasteiger charge is -2.28. The first kappa shape index (κ1) is 15.9. The Morgan fingerprint density at radius 1 is 1.15 bits per heavy atom. The van der Waals surface area contributed by atoms with Crippen molar-refractivity contribution < 1.29 is 0 Å². The van der Waals surface area contributed by atoms with E-state index in [2.05, 4.69) is 49.1 Å². The summed E-state index contributed by atoms with van der Waals surface area (Å²) in [7, 11) is 0. The molecular formula is C20H18N6O. The molecule has 7 nitrogen and oxygen atoms in total. The van der Waals surface area contributed by atoms with E-state index >= 15 is 0 Å². The van der Waals surface area contributed by atoms with Crippen LogP contribution in [0.1, 0.15) is 16.8 Å². The second-order valence-corrected chi connectivity index (χ2v) is 6.79. The van der Waals surface area contributed by atoms with Crippen molar-refractivity contribution in [2.75, 3.05) is 6.54 Å². The molecule has 3 aromatic heterocycles. The van der Waals surface area contributed by atoms with Crippen molar-refractivity contribution in [1.82, 2.24) is 29.8 Å². The van der Waals surface area contributed by atoms with Crippen molar-refractivity contribution >= 4 is 10.9 Å². The van der Waals surface area contributed by atoms with Gasteiger partial charge in [0, 0.05) is 49.3 Å². The molecule has 27 heavy (non-hydrogen) atoms. The average Bonchev–Trinajstić information content (AvgIpc) is 3.18. The Bertz CT molecular complexity index is 1160. The summed E-state index contributed by atoms with van der Waals surface area (Å²) in [6.07, 6.45) is 7.44. The van der Waals surface area contributed by atoms with E-state index in [4.69, 9.17) is 4.98 Å². The Kier molecular flexibility index (Phi) is 3.79. The van der Waals surface area contributed by atoms with Crippen molar-refractivity contribution in [1.29, 1.82) is 0 Å². The second-order valence-electron chi connectivity index (χ2n) is 6.79. The predicted molar refractivity (Wildman–Crippen MR) is 102 cm³/mol. The standard InChI is InChI=1S/C20H18N6O/c27-20-16-5-7-26(10-14-3-1-2-13-4-6-23-18(13)14)11-17(16)24-19(25-20)15-8-21-12-22-9-15/h1-4,6,8-9,12,23H,5,7,10-11H2,(H,24,25,27). The summed E-state index contributed by atoms with van der Waals surface area (Å²) in [4.78, 5) is 33.7. The van der Waals surface area contributed by atoms with Crippen LogP contribution >= 0.6 is 0 Å². The molecule has 7 heteroatoms. The van der Waals surface area contributed by atoms with Crippen LogP contribution in [0.25, 0.3) is 22.3 Å². The maximum atomic E-state index is 12.5. The SMILES string of the molecule is O=c1[nH]c(-c2cncnc2)nc2c1CCN(Cc1cccc3cc[nH]c13)C2. The van der Waals surface area contributed by atoms with Crippen molar-refractivity contribution in [3.63, 3.8) is 0 Å². The maximum absolute atomic E-state index is 12.5. The van der Waals surface area contributed by atoms with Crippen LogP contribution in [0.15, 0.2) is 54.0 Å².